The number of nitrogens with two attached hydrogens (primary N) is 1. The first-order chi connectivity index (χ1) is 9.65. The number of anilines is 1. The zero-order valence-electron chi connectivity index (χ0n) is 11.8. The number of piperazine rings is 1. The molecule has 1 aromatic heterocycles. The van der Waals surface area contributed by atoms with Crippen molar-refractivity contribution in [2.75, 3.05) is 24.5 Å². The monoisotopic (exact) mass is 291 g/mol. The Balaban J connectivity index is 1.77. The van der Waals surface area contributed by atoms with Gasteiger partial charge in [-0.05, 0) is 26.3 Å². The van der Waals surface area contributed by atoms with Gasteiger partial charge in [-0.25, -0.2) is 9.97 Å². The van der Waals surface area contributed by atoms with E-state index in [0.717, 1.165) is 18.9 Å². The minimum atomic E-state index is 0.300. The molecule has 5 nitrogen and oxygen atoms in total. The fraction of sp³-hybridized carbons (Fsp3) is 0.643. The highest BCUT2D eigenvalue weighted by Crippen LogP contribution is 2.26. The lowest BCUT2D eigenvalue weighted by Gasteiger charge is -2.47. The lowest BCUT2D eigenvalue weighted by molar-refractivity contribution is 0.115. The Bertz CT molecular complexity index is 489. The van der Waals surface area contributed by atoms with Crippen LogP contribution in [0, 0.1) is 0 Å². The van der Waals surface area contributed by atoms with Crippen molar-refractivity contribution in [3.8, 4) is 0 Å². The Morgan fingerprint density at radius 3 is 2.85 bits per heavy atom. The number of piperidine rings is 1. The first-order valence-electron chi connectivity index (χ1n) is 7.27. The van der Waals surface area contributed by atoms with Crippen LogP contribution in [0.15, 0.2) is 12.4 Å². The van der Waals surface area contributed by atoms with Gasteiger partial charge in [0, 0.05) is 25.2 Å². The van der Waals surface area contributed by atoms with E-state index in [2.05, 4.69) is 26.7 Å². The molecule has 2 fully saturated rings. The molecule has 1 aromatic rings. The fourth-order valence-electron chi connectivity index (χ4n) is 3.27. The second-order valence-corrected chi connectivity index (χ2v) is 6.21. The highest BCUT2D eigenvalue weighted by molar-refractivity contribution is 7.80. The maximum absolute atomic E-state index is 5.57. The van der Waals surface area contributed by atoms with E-state index in [-0.39, 0.29) is 0 Å². The zero-order valence-corrected chi connectivity index (χ0v) is 12.6. The van der Waals surface area contributed by atoms with Crippen LogP contribution in [0.1, 0.15) is 31.9 Å². The Morgan fingerprint density at radius 1 is 1.30 bits per heavy atom. The molecule has 2 N–H and O–H groups in total. The summed E-state index contributed by atoms with van der Waals surface area (Å²) in [5.41, 5.74) is 6.16. The predicted molar refractivity (Wildman–Crippen MR) is 83.9 cm³/mol. The Hall–Kier alpha value is -1.27. The largest absolute Gasteiger partial charge is 0.388 e. The fourth-order valence-corrected chi connectivity index (χ4v) is 3.37. The van der Waals surface area contributed by atoms with Gasteiger partial charge < -0.3 is 10.6 Å². The van der Waals surface area contributed by atoms with Crippen LogP contribution < -0.4 is 10.6 Å². The van der Waals surface area contributed by atoms with Gasteiger partial charge in [0.2, 0.25) is 0 Å². The Morgan fingerprint density at radius 2 is 2.15 bits per heavy atom. The molecule has 0 aliphatic carbocycles. The first-order valence-corrected chi connectivity index (χ1v) is 7.68. The molecular formula is C14H21N5S. The number of fused-ring (bicyclic) bond motifs is 1. The molecule has 20 heavy (non-hydrogen) atoms. The van der Waals surface area contributed by atoms with Gasteiger partial charge in [0.15, 0.2) is 0 Å². The number of thiocarbonyl (C=S) groups is 1. The third-order valence-corrected chi connectivity index (χ3v) is 4.58. The van der Waals surface area contributed by atoms with Crippen molar-refractivity contribution in [2.24, 2.45) is 5.73 Å². The average molecular weight is 291 g/mol. The molecule has 3 heterocycles. The van der Waals surface area contributed by atoms with E-state index in [4.69, 9.17) is 18.0 Å². The molecule has 6 heteroatoms. The number of hydrogen-bond donors (Lipinski definition) is 1. The van der Waals surface area contributed by atoms with Gasteiger partial charge in [0.25, 0.3) is 0 Å². The van der Waals surface area contributed by atoms with E-state index in [1.807, 2.05) is 0 Å². The molecule has 2 saturated heterocycles. The van der Waals surface area contributed by atoms with Crippen molar-refractivity contribution in [3.05, 3.63) is 18.1 Å². The molecule has 0 saturated carbocycles. The molecule has 2 unspecified atom stereocenters. The molecule has 2 aliphatic rings. The van der Waals surface area contributed by atoms with Crippen LogP contribution in [-0.4, -0.2) is 51.6 Å². The standard InChI is InChI=1S/C14H21N5S/c1-10-8-18-5-3-2-4-11(18)9-19(10)13-7-16-12(6-17-13)14(15)20/h6-7,10-11H,2-5,8-9H2,1H3,(H2,15,20). The first kappa shape index (κ1) is 13.7. The van der Waals surface area contributed by atoms with Crippen LogP contribution in [0.5, 0.6) is 0 Å². The van der Waals surface area contributed by atoms with Gasteiger partial charge in [0.05, 0.1) is 12.4 Å². The topological polar surface area (TPSA) is 58.3 Å². The van der Waals surface area contributed by atoms with Gasteiger partial charge in [-0.2, -0.15) is 0 Å². The van der Waals surface area contributed by atoms with Crippen LogP contribution in [0.2, 0.25) is 0 Å². The van der Waals surface area contributed by atoms with Crippen molar-refractivity contribution in [1.82, 2.24) is 14.9 Å². The highest BCUT2D eigenvalue weighted by atomic mass is 32.1. The van der Waals surface area contributed by atoms with E-state index in [9.17, 15) is 0 Å². The van der Waals surface area contributed by atoms with E-state index < -0.39 is 0 Å². The molecule has 0 amide bonds. The summed E-state index contributed by atoms with van der Waals surface area (Å²) in [5.74, 6) is 0.933. The van der Waals surface area contributed by atoms with Crippen LogP contribution in [0.25, 0.3) is 0 Å². The van der Waals surface area contributed by atoms with E-state index in [1.54, 1.807) is 12.4 Å². The Kier molecular flexibility index (Phi) is 3.85. The van der Waals surface area contributed by atoms with Crippen molar-refractivity contribution in [1.29, 1.82) is 0 Å². The van der Waals surface area contributed by atoms with Gasteiger partial charge in [-0.3, -0.25) is 4.90 Å². The van der Waals surface area contributed by atoms with Crippen LogP contribution in [0.3, 0.4) is 0 Å². The molecule has 0 spiro atoms. The number of aromatic nitrogens is 2. The second-order valence-electron chi connectivity index (χ2n) is 5.77. The van der Waals surface area contributed by atoms with Crippen molar-refractivity contribution in [2.45, 2.75) is 38.3 Å². The van der Waals surface area contributed by atoms with E-state index in [1.165, 1.54) is 25.8 Å². The molecular weight excluding hydrogens is 270 g/mol. The minimum absolute atomic E-state index is 0.300. The summed E-state index contributed by atoms with van der Waals surface area (Å²) < 4.78 is 0. The smallest absolute Gasteiger partial charge is 0.147 e. The van der Waals surface area contributed by atoms with Gasteiger partial charge in [-0.1, -0.05) is 18.6 Å². The van der Waals surface area contributed by atoms with Crippen molar-refractivity contribution < 1.29 is 0 Å². The summed E-state index contributed by atoms with van der Waals surface area (Å²) in [6.07, 6.45) is 7.45. The molecule has 0 bridgehead atoms. The maximum Gasteiger partial charge on any atom is 0.147 e. The summed E-state index contributed by atoms with van der Waals surface area (Å²) in [6, 6.07) is 1.13. The van der Waals surface area contributed by atoms with Crippen LogP contribution >= 0.6 is 12.2 Å². The van der Waals surface area contributed by atoms with Crippen molar-refractivity contribution in [3.63, 3.8) is 0 Å². The van der Waals surface area contributed by atoms with Gasteiger partial charge in [0.1, 0.15) is 16.5 Å². The molecule has 2 atom stereocenters. The highest BCUT2D eigenvalue weighted by Gasteiger charge is 2.33. The van der Waals surface area contributed by atoms with Crippen molar-refractivity contribution >= 4 is 23.0 Å². The lowest BCUT2D eigenvalue weighted by atomic mass is 9.97. The molecule has 3 rings (SSSR count). The summed E-state index contributed by atoms with van der Waals surface area (Å²) in [5, 5.41) is 0. The minimum Gasteiger partial charge on any atom is -0.388 e. The van der Waals surface area contributed by atoms with Crippen LogP contribution in [-0.2, 0) is 0 Å². The number of rotatable bonds is 2. The molecule has 108 valence electrons. The Labute approximate surface area is 125 Å². The SMILES string of the molecule is CC1CN2CCCCC2CN1c1cnc(C(N)=S)cn1. The van der Waals surface area contributed by atoms with Crippen LogP contribution in [0.4, 0.5) is 5.82 Å². The predicted octanol–water partition coefficient (Wildman–Crippen LogP) is 1.17. The summed E-state index contributed by atoms with van der Waals surface area (Å²) in [7, 11) is 0. The number of nitrogens with zero attached hydrogens (tertiary/aromatic N) is 4. The zero-order chi connectivity index (χ0) is 14.1. The lowest BCUT2D eigenvalue weighted by Crippen LogP contribution is -2.59. The summed E-state index contributed by atoms with van der Waals surface area (Å²) >= 11 is 4.92. The second kappa shape index (κ2) is 5.61. The normalized spacial score (nSPS) is 27.1. The molecule has 0 radical (unpaired) electrons. The van der Waals surface area contributed by atoms with E-state index in [0.29, 0.717) is 22.8 Å². The van der Waals surface area contributed by atoms with E-state index >= 15 is 0 Å². The maximum atomic E-state index is 5.57. The quantitative estimate of drug-likeness (QED) is 0.826. The number of hydrogen-bond acceptors (Lipinski definition) is 5. The van der Waals surface area contributed by atoms with Gasteiger partial charge >= 0.3 is 0 Å². The third-order valence-electron chi connectivity index (χ3n) is 4.37. The van der Waals surface area contributed by atoms with Gasteiger partial charge in [-0.15, -0.1) is 0 Å². The molecule has 0 aromatic carbocycles. The molecule has 2 aliphatic heterocycles. The summed E-state index contributed by atoms with van der Waals surface area (Å²) in [6.45, 7) is 5.66. The summed E-state index contributed by atoms with van der Waals surface area (Å²) in [4.78, 5) is 14.1. The average Bonchev–Trinajstić information content (AvgIpc) is 2.46. The third kappa shape index (κ3) is 2.62.